The Morgan fingerprint density at radius 2 is 2.08 bits per heavy atom. The summed E-state index contributed by atoms with van der Waals surface area (Å²) in [6.45, 7) is -0.0779. The van der Waals surface area contributed by atoms with Crippen LogP contribution >= 0.6 is 23.1 Å². The van der Waals surface area contributed by atoms with Crippen molar-refractivity contribution in [1.29, 1.82) is 0 Å². The number of aryl methyl sites for hydroxylation is 1. The molecule has 130 valence electrons. The van der Waals surface area contributed by atoms with Crippen molar-refractivity contribution in [3.05, 3.63) is 52.0 Å². The van der Waals surface area contributed by atoms with Crippen LogP contribution in [0.4, 0.5) is 8.78 Å². The lowest BCUT2D eigenvalue weighted by atomic mass is 10.1. The second-order valence-electron chi connectivity index (χ2n) is 4.87. The van der Waals surface area contributed by atoms with Crippen LogP contribution in [0.3, 0.4) is 0 Å². The van der Waals surface area contributed by atoms with E-state index in [1.165, 1.54) is 12.3 Å². The highest BCUT2D eigenvalue weighted by Gasteiger charge is 2.17. The number of carbonyl (C=O) groups excluding carboxylic acids is 1. The predicted molar refractivity (Wildman–Crippen MR) is 84.9 cm³/mol. The molecule has 25 heavy (non-hydrogen) atoms. The third-order valence-corrected chi connectivity index (χ3v) is 4.17. The Bertz CT molecular complexity index is 880. The van der Waals surface area contributed by atoms with Gasteiger partial charge < -0.3 is 9.15 Å². The Morgan fingerprint density at radius 3 is 2.76 bits per heavy atom. The van der Waals surface area contributed by atoms with Crippen molar-refractivity contribution < 1.29 is 22.7 Å². The fourth-order valence-corrected chi connectivity index (χ4v) is 2.59. The SMILES string of the molecule is O=C(CCc1ncc(-c2c(F)cccc2F)o1)OCc1nnsc1Cl. The highest BCUT2D eigenvalue weighted by atomic mass is 35.5. The summed E-state index contributed by atoms with van der Waals surface area (Å²) in [4.78, 5) is 15.6. The Morgan fingerprint density at radius 1 is 1.32 bits per heavy atom. The quantitative estimate of drug-likeness (QED) is 0.600. The van der Waals surface area contributed by atoms with Gasteiger partial charge in [-0.05, 0) is 12.1 Å². The number of carbonyl (C=O) groups is 1. The predicted octanol–water partition coefficient (Wildman–Crippen LogP) is 3.80. The van der Waals surface area contributed by atoms with Gasteiger partial charge in [-0.2, -0.15) is 0 Å². The molecule has 0 fully saturated rings. The Hall–Kier alpha value is -2.39. The Balaban J connectivity index is 1.57. The first-order valence-electron chi connectivity index (χ1n) is 7.06. The maximum atomic E-state index is 13.7. The lowest BCUT2D eigenvalue weighted by Gasteiger charge is -2.02. The molecular weight excluding hydrogens is 376 g/mol. The van der Waals surface area contributed by atoms with E-state index in [0.717, 1.165) is 23.7 Å². The van der Waals surface area contributed by atoms with Gasteiger partial charge in [-0.3, -0.25) is 4.79 Å². The minimum atomic E-state index is -0.754. The number of nitrogens with zero attached hydrogens (tertiary/aromatic N) is 3. The molecule has 0 bridgehead atoms. The summed E-state index contributed by atoms with van der Waals surface area (Å²) in [7, 11) is 0. The molecule has 0 saturated carbocycles. The van der Waals surface area contributed by atoms with Crippen LogP contribution in [0, 0.1) is 11.6 Å². The topological polar surface area (TPSA) is 78.1 Å². The highest BCUT2D eigenvalue weighted by molar-refractivity contribution is 7.10. The molecule has 6 nitrogen and oxygen atoms in total. The maximum Gasteiger partial charge on any atom is 0.306 e. The average molecular weight is 386 g/mol. The maximum absolute atomic E-state index is 13.7. The number of benzene rings is 1. The number of halogens is 3. The largest absolute Gasteiger partial charge is 0.459 e. The molecule has 0 spiro atoms. The van der Waals surface area contributed by atoms with Gasteiger partial charge in [0.1, 0.15) is 28.3 Å². The molecule has 2 heterocycles. The van der Waals surface area contributed by atoms with Crippen molar-refractivity contribution in [1.82, 2.24) is 14.6 Å². The van der Waals surface area contributed by atoms with Crippen molar-refractivity contribution in [3.63, 3.8) is 0 Å². The third-order valence-electron chi connectivity index (χ3n) is 3.18. The Labute approximate surface area is 149 Å². The van der Waals surface area contributed by atoms with E-state index in [-0.39, 0.29) is 36.7 Å². The second-order valence-corrected chi connectivity index (χ2v) is 6.23. The van der Waals surface area contributed by atoms with Crippen LogP contribution in [-0.4, -0.2) is 20.5 Å². The summed E-state index contributed by atoms with van der Waals surface area (Å²) in [6.07, 6.45) is 1.32. The van der Waals surface area contributed by atoms with Crippen molar-refractivity contribution in [3.8, 4) is 11.3 Å². The first-order chi connectivity index (χ1) is 12.0. The van der Waals surface area contributed by atoms with E-state index < -0.39 is 17.6 Å². The number of hydrogen-bond acceptors (Lipinski definition) is 7. The smallest absolute Gasteiger partial charge is 0.306 e. The van der Waals surface area contributed by atoms with E-state index in [9.17, 15) is 13.6 Å². The van der Waals surface area contributed by atoms with Gasteiger partial charge in [0.05, 0.1) is 18.2 Å². The first kappa shape index (κ1) is 17.4. The number of ether oxygens (including phenoxy) is 1. The number of hydrogen-bond donors (Lipinski definition) is 0. The minimum Gasteiger partial charge on any atom is -0.459 e. The van der Waals surface area contributed by atoms with Crippen molar-refractivity contribution in [2.75, 3.05) is 0 Å². The number of esters is 1. The van der Waals surface area contributed by atoms with E-state index in [4.69, 9.17) is 20.8 Å². The summed E-state index contributed by atoms with van der Waals surface area (Å²) >= 11 is 6.79. The minimum absolute atomic E-state index is 0.0190. The van der Waals surface area contributed by atoms with Gasteiger partial charge in [0.2, 0.25) is 0 Å². The standard InChI is InChI=1S/C15H10ClF2N3O3S/c16-15-10(20-21-25-15)7-23-13(22)5-4-12-19-6-11(24-12)14-8(17)2-1-3-9(14)18/h1-3,6H,4-5,7H2. The van der Waals surface area contributed by atoms with Crippen LogP contribution in [0.5, 0.6) is 0 Å². The fraction of sp³-hybridized carbons (Fsp3) is 0.200. The second kappa shape index (κ2) is 7.66. The van der Waals surface area contributed by atoms with Crippen LogP contribution in [-0.2, 0) is 22.6 Å². The molecule has 1 aromatic carbocycles. The highest BCUT2D eigenvalue weighted by Crippen LogP contribution is 2.26. The van der Waals surface area contributed by atoms with Crippen molar-refractivity contribution in [2.45, 2.75) is 19.4 Å². The average Bonchev–Trinajstić information content (AvgIpc) is 3.20. The van der Waals surface area contributed by atoms with E-state index in [1.54, 1.807) is 0 Å². The molecule has 2 aromatic heterocycles. The number of aromatic nitrogens is 3. The van der Waals surface area contributed by atoms with Crippen molar-refractivity contribution >= 4 is 29.1 Å². The van der Waals surface area contributed by atoms with Gasteiger partial charge >= 0.3 is 5.97 Å². The summed E-state index contributed by atoms with van der Waals surface area (Å²) in [5.74, 6) is -1.89. The zero-order valence-corrected chi connectivity index (χ0v) is 14.1. The van der Waals surface area contributed by atoms with Gasteiger partial charge in [-0.15, -0.1) is 5.10 Å². The molecule has 10 heteroatoms. The van der Waals surface area contributed by atoms with Crippen molar-refractivity contribution in [2.24, 2.45) is 0 Å². The normalized spacial score (nSPS) is 10.8. The Kier molecular flexibility index (Phi) is 5.34. The molecule has 3 aromatic rings. The molecule has 0 aliphatic carbocycles. The van der Waals surface area contributed by atoms with Crippen LogP contribution in [0.2, 0.25) is 4.34 Å². The summed E-state index contributed by atoms with van der Waals surface area (Å²) in [5.41, 5.74) is 0.0861. The van der Waals surface area contributed by atoms with Gasteiger partial charge in [-0.1, -0.05) is 22.2 Å². The molecule has 0 atom stereocenters. The zero-order valence-electron chi connectivity index (χ0n) is 12.5. The molecule has 0 amide bonds. The number of rotatable bonds is 6. The van der Waals surface area contributed by atoms with E-state index >= 15 is 0 Å². The molecule has 0 N–H and O–H groups in total. The zero-order chi connectivity index (χ0) is 17.8. The first-order valence-corrected chi connectivity index (χ1v) is 8.21. The molecular formula is C15H10ClF2N3O3S. The van der Waals surface area contributed by atoms with E-state index in [0.29, 0.717) is 10.0 Å². The molecule has 0 unspecified atom stereocenters. The summed E-state index contributed by atoms with van der Waals surface area (Å²) in [5, 5.41) is 3.72. The van der Waals surface area contributed by atoms with E-state index in [2.05, 4.69) is 14.6 Å². The third kappa shape index (κ3) is 4.18. The molecule has 0 radical (unpaired) electrons. The van der Waals surface area contributed by atoms with Gasteiger partial charge in [0.25, 0.3) is 0 Å². The lowest BCUT2D eigenvalue weighted by molar-refractivity contribution is -0.145. The van der Waals surface area contributed by atoms with Gasteiger partial charge in [-0.25, -0.2) is 13.8 Å². The van der Waals surface area contributed by atoms with Crippen LogP contribution < -0.4 is 0 Å². The molecule has 0 aliphatic rings. The van der Waals surface area contributed by atoms with Crippen LogP contribution in [0.15, 0.2) is 28.8 Å². The summed E-state index contributed by atoms with van der Waals surface area (Å²) in [6, 6.07) is 3.50. The van der Waals surface area contributed by atoms with Gasteiger partial charge in [0, 0.05) is 18.0 Å². The van der Waals surface area contributed by atoms with Crippen LogP contribution in [0.25, 0.3) is 11.3 Å². The lowest BCUT2D eigenvalue weighted by Crippen LogP contribution is -2.06. The monoisotopic (exact) mass is 385 g/mol. The van der Waals surface area contributed by atoms with Crippen LogP contribution in [0.1, 0.15) is 18.0 Å². The molecule has 0 saturated heterocycles. The van der Waals surface area contributed by atoms with Gasteiger partial charge in [0.15, 0.2) is 11.7 Å². The fourth-order valence-electron chi connectivity index (χ4n) is 1.99. The molecule has 3 rings (SSSR count). The molecule has 0 aliphatic heterocycles. The summed E-state index contributed by atoms with van der Waals surface area (Å²) < 4.78 is 41.7. The van der Waals surface area contributed by atoms with E-state index in [1.807, 2.05) is 0 Å². The number of oxazole rings is 1.